The highest BCUT2D eigenvalue weighted by atomic mass is 16.3. The number of rotatable bonds is 1. The summed E-state index contributed by atoms with van der Waals surface area (Å²) in [6.07, 6.45) is 2.18. The third-order valence-electron chi connectivity index (χ3n) is 3.92. The van der Waals surface area contributed by atoms with E-state index in [9.17, 15) is 9.90 Å². The molecule has 2 aromatic rings. The number of aromatic nitrogens is 4. The summed E-state index contributed by atoms with van der Waals surface area (Å²) in [5.74, 6) is 0.793. The van der Waals surface area contributed by atoms with Gasteiger partial charge in [-0.05, 0) is 41.0 Å². The SMILES string of the molecule is O=C1CCCC2=C1[C@@H](c1cccc(O)c1)n1nnnc1N2. The Morgan fingerprint density at radius 1 is 1.33 bits per heavy atom. The van der Waals surface area contributed by atoms with Gasteiger partial charge in [0, 0.05) is 17.7 Å². The van der Waals surface area contributed by atoms with E-state index in [0.29, 0.717) is 17.9 Å². The van der Waals surface area contributed by atoms with Gasteiger partial charge in [-0.25, -0.2) is 0 Å². The van der Waals surface area contributed by atoms with Crippen LogP contribution < -0.4 is 5.32 Å². The molecule has 1 atom stereocenters. The highest BCUT2D eigenvalue weighted by Crippen LogP contribution is 2.39. The molecule has 106 valence electrons. The first-order valence-corrected chi connectivity index (χ1v) is 6.84. The van der Waals surface area contributed by atoms with Crippen LogP contribution in [0.25, 0.3) is 0 Å². The minimum Gasteiger partial charge on any atom is -0.508 e. The van der Waals surface area contributed by atoms with E-state index < -0.39 is 0 Å². The molecule has 2 aliphatic rings. The number of anilines is 1. The van der Waals surface area contributed by atoms with Gasteiger partial charge in [0.05, 0.1) is 0 Å². The highest BCUT2D eigenvalue weighted by molar-refractivity contribution is 5.99. The molecule has 0 amide bonds. The van der Waals surface area contributed by atoms with E-state index in [2.05, 4.69) is 20.8 Å². The second-order valence-corrected chi connectivity index (χ2v) is 5.24. The topological polar surface area (TPSA) is 92.9 Å². The molecule has 0 radical (unpaired) electrons. The Balaban J connectivity index is 1.93. The molecule has 7 nitrogen and oxygen atoms in total. The number of tetrazole rings is 1. The maximum atomic E-state index is 12.4. The van der Waals surface area contributed by atoms with Gasteiger partial charge in [0.15, 0.2) is 5.78 Å². The van der Waals surface area contributed by atoms with Gasteiger partial charge in [-0.15, -0.1) is 0 Å². The van der Waals surface area contributed by atoms with E-state index >= 15 is 0 Å². The van der Waals surface area contributed by atoms with Crippen molar-refractivity contribution < 1.29 is 9.90 Å². The predicted molar refractivity (Wildman–Crippen MR) is 73.6 cm³/mol. The van der Waals surface area contributed by atoms with E-state index in [1.54, 1.807) is 22.9 Å². The van der Waals surface area contributed by atoms with E-state index in [1.165, 1.54) is 0 Å². The molecule has 0 saturated carbocycles. The van der Waals surface area contributed by atoms with Crippen LogP contribution in [0.15, 0.2) is 35.5 Å². The van der Waals surface area contributed by atoms with Crippen LogP contribution in [0.4, 0.5) is 5.95 Å². The molecule has 0 unspecified atom stereocenters. The van der Waals surface area contributed by atoms with Crippen molar-refractivity contribution in [2.45, 2.75) is 25.3 Å². The van der Waals surface area contributed by atoms with Crippen molar-refractivity contribution in [2.75, 3.05) is 5.32 Å². The van der Waals surface area contributed by atoms with Crippen LogP contribution in [0.2, 0.25) is 0 Å². The largest absolute Gasteiger partial charge is 0.508 e. The molecule has 1 aromatic carbocycles. The van der Waals surface area contributed by atoms with Crippen molar-refractivity contribution >= 4 is 11.7 Å². The van der Waals surface area contributed by atoms with Crippen molar-refractivity contribution in [1.29, 1.82) is 0 Å². The average Bonchev–Trinajstić information content (AvgIpc) is 2.93. The summed E-state index contributed by atoms with van der Waals surface area (Å²) >= 11 is 0. The second-order valence-electron chi connectivity index (χ2n) is 5.24. The molecule has 2 N–H and O–H groups in total. The fourth-order valence-electron chi connectivity index (χ4n) is 3.02. The molecular weight excluding hydrogens is 270 g/mol. The number of carbonyl (C=O) groups excluding carboxylic acids is 1. The summed E-state index contributed by atoms with van der Waals surface area (Å²) in [4.78, 5) is 12.4. The number of allylic oxidation sites excluding steroid dienone is 2. The van der Waals surface area contributed by atoms with Gasteiger partial charge >= 0.3 is 0 Å². The maximum Gasteiger partial charge on any atom is 0.248 e. The first kappa shape index (κ1) is 12.1. The molecule has 1 aliphatic carbocycles. The van der Waals surface area contributed by atoms with E-state index in [4.69, 9.17) is 0 Å². The first-order chi connectivity index (χ1) is 10.2. The molecule has 4 rings (SSSR count). The number of ketones is 1. The third-order valence-corrected chi connectivity index (χ3v) is 3.92. The molecule has 2 heterocycles. The summed E-state index contributed by atoms with van der Waals surface area (Å²) in [6, 6.07) is 6.49. The zero-order valence-electron chi connectivity index (χ0n) is 11.2. The maximum absolute atomic E-state index is 12.4. The molecule has 0 spiro atoms. The second kappa shape index (κ2) is 4.41. The number of hydrogen-bond acceptors (Lipinski definition) is 6. The number of nitrogens with one attached hydrogen (secondary N) is 1. The smallest absolute Gasteiger partial charge is 0.248 e. The van der Waals surface area contributed by atoms with Crippen LogP contribution in [0.3, 0.4) is 0 Å². The monoisotopic (exact) mass is 283 g/mol. The lowest BCUT2D eigenvalue weighted by atomic mass is 9.85. The van der Waals surface area contributed by atoms with Crippen molar-refractivity contribution in [3.8, 4) is 5.75 Å². The van der Waals surface area contributed by atoms with Crippen LogP contribution in [0.5, 0.6) is 5.75 Å². The summed E-state index contributed by atoms with van der Waals surface area (Å²) in [5.41, 5.74) is 2.39. The molecule has 1 aromatic heterocycles. The number of carbonyl (C=O) groups is 1. The summed E-state index contributed by atoms with van der Waals surface area (Å²) in [6.45, 7) is 0. The zero-order chi connectivity index (χ0) is 14.4. The third kappa shape index (κ3) is 1.81. The number of fused-ring (bicyclic) bond motifs is 1. The quantitative estimate of drug-likeness (QED) is 0.821. The number of aromatic hydroxyl groups is 1. The van der Waals surface area contributed by atoms with E-state index in [1.807, 2.05) is 6.07 Å². The number of hydrogen-bond donors (Lipinski definition) is 2. The molecule has 0 bridgehead atoms. The van der Waals surface area contributed by atoms with Gasteiger partial charge in [0.25, 0.3) is 0 Å². The Morgan fingerprint density at radius 2 is 2.24 bits per heavy atom. The van der Waals surface area contributed by atoms with Crippen LogP contribution >= 0.6 is 0 Å². The Morgan fingerprint density at radius 3 is 3.10 bits per heavy atom. The Bertz CT molecular complexity index is 764. The van der Waals surface area contributed by atoms with Crippen LogP contribution in [0.1, 0.15) is 30.9 Å². The average molecular weight is 283 g/mol. The van der Waals surface area contributed by atoms with Crippen molar-refractivity contribution in [3.63, 3.8) is 0 Å². The fraction of sp³-hybridized carbons (Fsp3) is 0.286. The molecule has 1 aliphatic heterocycles. The Hall–Kier alpha value is -2.70. The summed E-state index contributed by atoms with van der Waals surface area (Å²) in [5, 5.41) is 24.5. The van der Waals surface area contributed by atoms with Crippen LogP contribution in [-0.4, -0.2) is 31.1 Å². The van der Waals surface area contributed by atoms with Crippen LogP contribution in [0, 0.1) is 0 Å². The standard InChI is InChI=1S/C14H13N5O2/c20-9-4-1-3-8(7-9)13-12-10(5-2-6-11(12)21)15-14-16-17-18-19(13)14/h1,3-4,7,13,20H,2,5-6H2,(H,15,16,18)/t13-/m1/s1. The minimum absolute atomic E-state index is 0.109. The molecule has 0 saturated heterocycles. The summed E-state index contributed by atoms with van der Waals surface area (Å²) in [7, 11) is 0. The Kier molecular flexibility index (Phi) is 2.53. The van der Waals surface area contributed by atoms with Gasteiger partial charge < -0.3 is 10.4 Å². The number of benzene rings is 1. The molecule has 7 heteroatoms. The summed E-state index contributed by atoms with van der Waals surface area (Å²) < 4.78 is 1.59. The van der Waals surface area contributed by atoms with Gasteiger partial charge in [0.2, 0.25) is 5.95 Å². The number of phenols is 1. The van der Waals surface area contributed by atoms with E-state index in [0.717, 1.165) is 24.1 Å². The first-order valence-electron chi connectivity index (χ1n) is 6.84. The van der Waals surface area contributed by atoms with Crippen molar-refractivity contribution in [3.05, 3.63) is 41.1 Å². The number of Topliss-reactive ketones (excluding diaryl/α,β-unsaturated/α-hetero) is 1. The lowest BCUT2D eigenvalue weighted by Crippen LogP contribution is -2.31. The fourth-order valence-corrected chi connectivity index (χ4v) is 3.02. The normalized spacial score (nSPS) is 20.8. The predicted octanol–water partition coefficient (Wildman–Crippen LogP) is 1.40. The van der Waals surface area contributed by atoms with Gasteiger partial charge in [0.1, 0.15) is 11.8 Å². The Labute approximate surface area is 120 Å². The lowest BCUT2D eigenvalue weighted by molar-refractivity contribution is -0.116. The highest BCUT2D eigenvalue weighted by Gasteiger charge is 2.36. The van der Waals surface area contributed by atoms with Crippen molar-refractivity contribution in [1.82, 2.24) is 20.2 Å². The molecule has 21 heavy (non-hydrogen) atoms. The molecule has 0 fully saturated rings. The zero-order valence-corrected chi connectivity index (χ0v) is 11.2. The van der Waals surface area contributed by atoms with Gasteiger partial charge in [-0.3, -0.25) is 4.79 Å². The lowest BCUT2D eigenvalue weighted by Gasteiger charge is -2.31. The van der Waals surface area contributed by atoms with Gasteiger partial charge in [-0.1, -0.05) is 17.2 Å². The molecular formula is C14H13N5O2. The minimum atomic E-state index is -0.383. The van der Waals surface area contributed by atoms with Gasteiger partial charge in [-0.2, -0.15) is 4.68 Å². The van der Waals surface area contributed by atoms with Crippen molar-refractivity contribution in [2.24, 2.45) is 0 Å². The number of nitrogens with zero attached hydrogens (tertiary/aromatic N) is 4. The number of phenolic OH excluding ortho intramolecular Hbond substituents is 1. The van der Waals surface area contributed by atoms with Crippen LogP contribution in [-0.2, 0) is 4.79 Å². The van der Waals surface area contributed by atoms with E-state index in [-0.39, 0.29) is 17.6 Å².